The summed E-state index contributed by atoms with van der Waals surface area (Å²) in [5.41, 5.74) is 16.5. The van der Waals surface area contributed by atoms with E-state index in [4.69, 9.17) is 0 Å². The lowest BCUT2D eigenvalue weighted by Gasteiger charge is -2.43. The minimum Gasteiger partial charge on any atom is -0.309 e. The van der Waals surface area contributed by atoms with Gasteiger partial charge in [0.1, 0.15) is 5.82 Å². The van der Waals surface area contributed by atoms with E-state index in [9.17, 15) is 4.39 Å². The number of aromatic nitrogens is 3. The number of halogens is 1. The van der Waals surface area contributed by atoms with E-state index in [0.717, 1.165) is 28.1 Å². The highest BCUT2D eigenvalue weighted by Crippen LogP contribution is 2.46. The summed E-state index contributed by atoms with van der Waals surface area (Å²) in [7, 11) is -7.78. The first-order valence-electron chi connectivity index (χ1n) is 31.6. The van der Waals surface area contributed by atoms with Crippen LogP contribution in [0, 0.1) is 5.82 Å². The molecule has 10 aromatic rings. The number of rotatable bonds is 17. The number of benzene rings is 7. The van der Waals surface area contributed by atoms with Crippen LogP contribution in [-0.4, -0.2) is 46.0 Å². The molecule has 7 aromatic carbocycles. The maximum Gasteiger partial charge on any atom is 0.123 e. The van der Waals surface area contributed by atoms with E-state index in [1.165, 1.54) is 54.4 Å². The minimum atomic E-state index is -2.00. The fourth-order valence-corrected chi connectivity index (χ4v) is 38.3. The summed E-state index contributed by atoms with van der Waals surface area (Å²) in [6.45, 7) is 54.8. The molecule has 0 saturated heterocycles. The lowest BCUT2D eigenvalue weighted by molar-refractivity contribution is 0.627. The maximum absolute atomic E-state index is 14.8. The van der Waals surface area contributed by atoms with Crippen LogP contribution in [0.25, 0.3) is 82.5 Å². The Morgan fingerprint density at radius 1 is 0.256 bits per heavy atom. The molecule has 0 aliphatic heterocycles. The van der Waals surface area contributed by atoms with Crippen molar-refractivity contribution in [3.63, 3.8) is 0 Å². The molecule has 8 heteroatoms. The second-order valence-electron chi connectivity index (χ2n) is 28.8. The Bertz CT molecular complexity index is 3730. The Labute approximate surface area is 496 Å². The first-order valence-corrected chi connectivity index (χ1v) is 41.4. The van der Waals surface area contributed by atoms with E-state index < -0.39 is 32.3 Å². The maximum atomic E-state index is 14.8. The molecule has 0 saturated carbocycles. The third kappa shape index (κ3) is 8.81. The molecular formula is C74H98FN3Si4. The third-order valence-corrected chi connectivity index (χ3v) is 49.4. The number of hydrogen-bond donors (Lipinski definition) is 0. The van der Waals surface area contributed by atoms with Crippen molar-refractivity contribution in [2.24, 2.45) is 0 Å². The standard InChI is InChI=1S/C74H98FN3Si4/c1-45(2)79(21,46(3)4)59-29-35-71-65(41-59)67-43-61(81(49(9)10,50(11)12)51(13)14)31-37-73(67)77(71)57-27-33-69-63(39-57)64-40-58(28-34-70(64)76(69)56-25-23-55(75)24-26-56)78-72-36-30-60(80(22,47(5)6)48(7)8)42-66(72)68-44-62(32-38-74(68)78)82(52(15)16,53(17)18)54(19)20/h23-54H,1-22H3. The lowest BCUT2D eigenvalue weighted by atomic mass is 10.1. The Morgan fingerprint density at radius 3 is 0.744 bits per heavy atom. The van der Waals surface area contributed by atoms with E-state index in [0.29, 0.717) is 55.4 Å². The van der Waals surface area contributed by atoms with E-state index in [1.807, 2.05) is 12.1 Å². The van der Waals surface area contributed by atoms with Gasteiger partial charge in [-0.3, -0.25) is 0 Å². The second kappa shape index (κ2) is 21.7. The second-order valence-corrected chi connectivity index (χ2v) is 51.5. The fraction of sp³-hybridized carbons (Fsp3) is 0.432. The fourth-order valence-electron chi connectivity index (χ4n) is 17.6. The first-order chi connectivity index (χ1) is 38.6. The van der Waals surface area contributed by atoms with Crippen LogP contribution in [-0.2, 0) is 0 Å². The predicted octanol–water partition coefficient (Wildman–Crippen LogP) is 21.1. The van der Waals surface area contributed by atoms with Crippen molar-refractivity contribution in [1.82, 2.24) is 13.7 Å². The van der Waals surface area contributed by atoms with E-state index >= 15 is 0 Å². The molecule has 432 valence electrons. The summed E-state index contributed by atoms with van der Waals surface area (Å²) >= 11 is 0. The monoisotopic (exact) mass is 1160 g/mol. The van der Waals surface area contributed by atoms with Crippen LogP contribution in [0.1, 0.15) is 138 Å². The van der Waals surface area contributed by atoms with Crippen molar-refractivity contribution in [2.75, 3.05) is 0 Å². The molecular weight excluding hydrogens is 1060 g/mol. The zero-order chi connectivity index (χ0) is 59.6. The van der Waals surface area contributed by atoms with Crippen LogP contribution in [0.15, 0.2) is 133 Å². The average Bonchev–Trinajstić information content (AvgIpc) is 4.23. The van der Waals surface area contributed by atoms with Gasteiger partial charge in [-0.2, -0.15) is 0 Å². The Kier molecular flexibility index (Phi) is 15.8. The van der Waals surface area contributed by atoms with Crippen LogP contribution in [0.5, 0.6) is 0 Å². The molecule has 10 rings (SSSR count). The number of fused-ring (bicyclic) bond motifs is 9. The quantitative estimate of drug-likeness (QED) is 0.0807. The molecule has 0 atom stereocenters. The molecule has 0 amide bonds. The van der Waals surface area contributed by atoms with E-state index in [-0.39, 0.29) is 5.82 Å². The van der Waals surface area contributed by atoms with Gasteiger partial charge >= 0.3 is 0 Å². The minimum absolute atomic E-state index is 0.232. The van der Waals surface area contributed by atoms with Crippen LogP contribution in [0.3, 0.4) is 0 Å². The molecule has 82 heavy (non-hydrogen) atoms. The van der Waals surface area contributed by atoms with Crippen LogP contribution >= 0.6 is 0 Å². The van der Waals surface area contributed by atoms with Gasteiger partial charge in [-0.25, -0.2) is 4.39 Å². The number of hydrogen-bond acceptors (Lipinski definition) is 0. The summed E-state index contributed by atoms with van der Waals surface area (Å²) in [6.07, 6.45) is 0. The lowest BCUT2D eigenvalue weighted by Crippen LogP contribution is -2.55. The van der Waals surface area contributed by atoms with Crippen LogP contribution < -0.4 is 20.7 Å². The Balaban J connectivity index is 1.29. The molecule has 0 bridgehead atoms. The van der Waals surface area contributed by atoms with Gasteiger partial charge < -0.3 is 13.7 Å². The zero-order valence-electron chi connectivity index (χ0n) is 54.2. The molecule has 3 nitrogen and oxygen atoms in total. The summed E-state index contributed by atoms with van der Waals surface area (Å²) in [5, 5.41) is 14.1. The van der Waals surface area contributed by atoms with Gasteiger partial charge in [0.15, 0.2) is 0 Å². The molecule has 0 spiro atoms. The highest BCUT2D eigenvalue weighted by atomic mass is 28.3. The van der Waals surface area contributed by atoms with Crippen molar-refractivity contribution in [3.8, 4) is 17.1 Å². The predicted molar refractivity (Wildman–Crippen MR) is 374 cm³/mol. The SMILES string of the molecule is CC(C)[Si](C)(c1ccc2c(c1)c1cc([Si](C(C)C)(C(C)C)C(C)C)ccc1n2-c1ccc2c(c1)c1cc(-n3c4ccc([Si](C)(C(C)C)C(C)C)cc4c4cc([Si](C(C)C)(C(C)C)C(C)C)ccc43)ccc1n2-c1ccc(F)cc1)C(C)C. The molecule has 0 radical (unpaired) electrons. The summed E-state index contributed by atoms with van der Waals surface area (Å²) in [6, 6.07) is 51.8. The molecule has 0 aliphatic carbocycles. The van der Waals surface area contributed by atoms with Gasteiger partial charge in [0.05, 0.1) is 65.4 Å². The molecule has 3 aromatic heterocycles. The van der Waals surface area contributed by atoms with Crippen molar-refractivity contribution in [2.45, 2.75) is 207 Å². The van der Waals surface area contributed by atoms with Crippen molar-refractivity contribution in [1.29, 1.82) is 0 Å². The molecule has 0 unspecified atom stereocenters. The smallest absolute Gasteiger partial charge is 0.123 e. The van der Waals surface area contributed by atoms with Gasteiger partial charge in [0.25, 0.3) is 0 Å². The van der Waals surface area contributed by atoms with Gasteiger partial charge in [-0.15, -0.1) is 0 Å². The largest absolute Gasteiger partial charge is 0.309 e. The van der Waals surface area contributed by atoms with Gasteiger partial charge in [-0.05, 0) is 140 Å². The molecule has 0 N–H and O–H groups in total. The summed E-state index contributed by atoms with van der Waals surface area (Å²) < 4.78 is 22.3. The van der Waals surface area contributed by atoms with Crippen molar-refractivity contribution < 1.29 is 4.39 Å². The van der Waals surface area contributed by atoms with Crippen molar-refractivity contribution >= 4 is 118 Å². The molecule has 3 heterocycles. The third-order valence-electron chi connectivity index (χ3n) is 22.6. The topological polar surface area (TPSA) is 14.8 Å². The van der Waals surface area contributed by atoms with Gasteiger partial charge in [0.2, 0.25) is 0 Å². The molecule has 0 aliphatic rings. The van der Waals surface area contributed by atoms with Gasteiger partial charge in [-0.1, -0.05) is 221 Å². The van der Waals surface area contributed by atoms with Crippen LogP contribution in [0.2, 0.25) is 68.5 Å². The summed E-state index contributed by atoms with van der Waals surface area (Å²) in [4.78, 5) is 0. The summed E-state index contributed by atoms with van der Waals surface area (Å²) in [5.74, 6) is -0.232. The molecule has 0 fully saturated rings. The van der Waals surface area contributed by atoms with Crippen LogP contribution in [0.4, 0.5) is 4.39 Å². The zero-order valence-corrected chi connectivity index (χ0v) is 58.2. The van der Waals surface area contributed by atoms with Gasteiger partial charge in [0, 0.05) is 49.4 Å². The Hall–Kier alpha value is -5.26. The van der Waals surface area contributed by atoms with Crippen molar-refractivity contribution in [3.05, 3.63) is 139 Å². The Morgan fingerprint density at radius 2 is 0.476 bits per heavy atom. The highest BCUT2D eigenvalue weighted by Gasteiger charge is 2.46. The average molecular weight is 1160 g/mol. The van der Waals surface area contributed by atoms with E-state index in [1.54, 1.807) is 32.9 Å². The first kappa shape index (κ1) is 59.9. The van der Waals surface area contributed by atoms with E-state index in [2.05, 4.69) is 274 Å². The highest BCUT2D eigenvalue weighted by molar-refractivity contribution is 6.96. The normalized spacial score (nSPS) is 13.7. The number of nitrogens with zero attached hydrogens (tertiary/aromatic N) is 3.